The highest BCUT2D eigenvalue weighted by Gasteiger charge is 2.15. The Morgan fingerprint density at radius 3 is 2.23 bits per heavy atom. The normalized spacial score (nSPS) is 10.2. The third kappa shape index (κ3) is 6.04. The van der Waals surface area contributed by atoms with Gasteiger partial charge in [-0.25, -0.2) is 4.79 Å². The van der Waals surface area contributed by atoms with E-state index in [1.165, 1.54) is 12.1 Å². The Morgan fingerprint density at radius 2 is 1.73 bits per heavy atom. The lowest BCUT2D eigenvalue weighted by Crippen LogP contribution is -2.09. The van der Waals surface area contributed by atoms with E-state index in [4.69, 9.17) is 37.8 Å². The van der Waals surface area contributed by atoms with Crippen LogP contribution < -0.4 is 9.47 Å². The molecule has 0 spiro atoms. The van der Waals surface area contributed by atoms with Crippen LogP contribution in [0.15, 0.2) is 18.2 Å². The van der Waals surface area contributed by atoms with E-state index in [1.54, 1.807) is 6.07 Å². The number of hydrogen-bond donors (Lipinski definition) is 1. The number of aromatic nitrogens is 2. The van der Waals surface area contributed by atoms with Crippen LogP contribution in [0.4, 0.5) is 0 Å². The molecule has 0 atom stereocenters. The zero-order valence-electron chi connectivity index (χ0n) is 15.3. The largest absolute Gasteiger partial charge is 0.482 e. The summed E-state index contributed by atoms with van der Waals surface area (Å²) in [5, 5.41) is 17.0. The average Bonchev–Trinajstić information content (AvgIpc) is 2.59. The molecule has 0 fully saturated rings. The van der Waals surface area contributed by atoms with Crippen molar-refractivity contribution in [2.24, 2.45) is 0 Å². The van der Waals surface area contributed by atoms with Crippen molar-refractivity contribution >= 4 is 29.2 Å². The molecule has 0 saturated heterocycles. The lowest BCUT2D eigenvalue weighted by Gasteiger charge is -2.13. The molecule has 142 valence electrons. The topological polar surface area (TPSA) is 81.5 Å². The number of aliphatic carboxylic acids is 1. The molecule has 0 aliphatic rings. The predicted octanol–water partition coefficient (Wildman–Crippen LogP) is 5.50. The maximum absolute atomic E-state index is 10.5. The first-order valence-corrected chi connectivity index (χ1v) is 8.89. The molecule has 1 aromatic heterocycles. The van der Waals surface area contributed by atoms with Crippen LogP contribution in [0.5, 0.6) is 17.4 Å². The van der Waals surface area contributed by atoms with E-state index in [2.05, 4.69) is 10.2 Å². The molecule has 0 aliphatic carbocycles. The number of nitrogens with zero attached hydrogens (tertiary/aromatic N) is 2. The van der Waals surface area contributed by atoms with Crippen molar-refractivity contribution in [3.63, 3.8) is 0 Å². The summed E-state index contributed by atoms with van der Waals surface area (Å²) in [6.07, 6.45) is 0. The van der Waals surface area contributed by atoms with Gasteiger partial charge in [-0.1, -0.05) is 50.9 Å². The van der Waals surface area contributed by atoms with Gasteiger partial charge in [0.15, 0.2) is 12.4 Å². The zero-order chi connectivity index (χ0) is 19.9. The van der Waals surface area contributed by atoms with Gasteiger partial charge < -0.3 is 14.6 Å². The van der Waals surface area contributed by atoms with Crippen LogP contribution in [-0.4, -0.2) is 27.9 Å². The van der Waals surface area contributed by atoms with Gasteiger partial charge in [0.2, 0.25) is 5.88 Å². The van der Waals surface area contributed by atoms with Crippen molar-refractivity contribution in [1.29, 1.82) is 0 Å². The fraction of sp³-hybridized carbons (Fsp3) is 0.389. The third-order valence-electron chi connectivity index (χ3n) is 3.16. The van der Waals surface area contributed by atoms with Gasteiger partial charge in [-0.3, -0.25) is 0 Å². The van der Waals surface area contributed by atoms with E-state index < -0.39 is 12.6 Å². The number of carbonyl (C=O) groups is 1. The molecular weight excluding hydrogens is 379 g/mol. The average molecular weight is 401 g/mol. The number of aryl methyl sites for hydroxylation is 1. The molecular formula is C18H22Cl2N2O4. The van der Waals surface area contributed by atoms with Gasteiger partial charge in [0.05, 0.1) is 15.7 Å². The van der Waals surface area contributed by atoms with Crippen LogP contribution in [0, 0.1) is 6.92 Å². The van der Waals surface area contributed by atoms with Crippen LogP contribution in [-0.2, 0) is 4.79 Å². The number of ether oxygens (including phenoxy) is 2. The second-order valence-corrected chi connectivity index (χ2v) is 6.19. The molecule has 2 rings (SSSR count). The summed E-state index contributed by atoms with van der Waals surface area (Å²) < 4.78 is 10.7. The van der Waals surface area contributed by atoms with E-state index >= 15 is 0 Å². The Kier molecular flexibility index (Phi) is 8.61. The van der Waals surface area contributed by atoms with Crippen molar-refractivity contribution in [3.05, 3.63) is 39.5 Å². The third-order valence-corrected chi connectivity index (χ3v) is 3.72. The van der Waals surface area contributed by atoms with E-state index in [0.717, 1.165) is 11.3 Å². The van der Waals surface area contributed by atoms with Gasteiger partial charge in [0, 0.05) is 18.2 Å². The summed E-state index contributed by atoms with van der Waals surface area (Å²) in [7, 11) is 0. The summed E-state index contributed by atoms with van der Waals surface area (Å²) in [5.74, 6) is -0.127. The quantitative estimate of drug-likeness (QED) is 0.689. The SMILES string of the molecule is CC.Cc1nnc(Oc2c(Cl)cc(OCC(=O)O)cc2Cl)cc1C(C)C. The zero-order valence-corrected chi connectivity index (χ0v) is 16.9. The van der Waals surface area contributed by atoms with Gasteiger partial charge in [-0.2, -0.15) is 5.10 Å². The maximum atomic E-state index is 10.5. The molecule has 1 N–H and O–H groups in total. The fourth-order valence-corrected chi connectivity index (χ4v) is 2.59. The van der Waals surface area contributed by atoms with Crippen molar-refractivity contribution in [2.45, 2.75) is 40.5 Å². The minimum atomic E-state index is -1.10. The van der Waals surface area contributed by atoms with Crippen molar-refractivity contribution in [1.82, 2.24) is 10.2 Å². The smallest absolute Gasteiger partial charge is 0.341 e. The molecule has 1 aromatic carbocycles. The maximum Gasteiger partial charge on any atom is 0.341 e. The highest BCUT2D eigenvalue weighted by molar-refractivity contribution is 6.37. The Hall–Kier alpha value is -2.05. The molecule has 0 radical (unpaired) electrons. The molecule has 26 heavy (non-hydrogen) atoms. The van der Waals surface area contributed by atoms with Crippen LogP contribution in [0.25, 0.3) is 0 Å². The second-order valence-electron chi connectivity index (χ2n) is 5.38. The van der Waals surface area contributed by atoms with Crippen LogP contribution in [0.1, 0.15) is 44.9 Å². The first kappa shape index (κ1) is 22.0. The fourth-order valence-electron chi connectivity index (χ4n) is 2.05. The Morgan fingerprint density at radius 1 is 1.15 bits per heavy atom. The first-order chi connectivity index (χ1) is 12.3. The molecule has 8 heteroatoms. The molecule has 0 saturated carbocycles. The van der Waals surface area contributed by atoms with Crippen LogP contribution in [0.3, 0.4) is 0 Å². The lowest BCUT2D eigenvalue weighted by molar-refractivity contribution is -0.139. The van der Waals surface area contributed by atoms with E-state index in [0.29, 0.717) is 0 Å². The molecule has 0 aliphatic heterocycles. The molecule has 0 unspecified atom stereocenters. The van der Waals surface area contributed by atoms with E-state index in [9.17, 15) is 4.79 Å². The van der Waals surface area contributed by atoms with Crippen LogP contribution >= 0.6 is 23.2 Å². The summed E-state index contributed by atoms with van der Waals surface area (Å²) >= 11 is 12.3. The summed E-state index contributed by atoms with van der Waals surface area (Å²) in [6, 6.07) is 4.64. The molecule has 6 nitrogen and oxygen atoms in total. The number of carboxylic acid groups (broad SMARTS) is 1. The number of carboxylic acids is 1. The number of benzene rings is 1. The molecule has 1 heterocycles. The van der Waals surface area contributed by atoms with Gasteiger partial charge in [-0.15, -0.1) is 5.10 Å². The van der Waals surface area contributed by atoms with Gasteiger partial charge in [0.25, 0.3) is 0 Å². The lowest BCUT2D eigenvalue weighted by atomic mass is 10.0. The van der Waals surface area contributed by atoms with E-state index in [1.807, 2.05) is 34.6 Å². The van der Waals surface area contributed by atoms with Crippen molar-refractivity contribution < 1.29 is 19.4 Å². The minimum absolute atomic E-state index is 0.177. The minimum Gasteiger partial charge on any atom is -0.482 e. The van der Waals surface area contributed by atoms with Gasteiger partial charge >= 0.3 is 5.97 Å². The molecule has 0 bridgehead atoms. The standard InChI is InChI=1S/C16H16Cl2N2O4.C2H6/c1-8(2)11-6-14(20-19-9(11)3)24-16-12(17)4-10(5-13(16)18)23-7-15(21)22;1-2/h4-6,8H,7H2,1-3H3,(H,21,22);1-2H3. The van der Waals surface area contributed by atoms with Crippen molar-refractivity contribution in [2.75, 3.05) is 6.61 Å². The van der Waals surface area contributed by atoms with Gasteiger partial charge in [0.1, 0.15) is 5.75 Å². The highest BCUT2D eigenvalue weighted by Crippen LogP contribution is 2.39. The summed E-state index contributed by atoms with van der Waals surface area (Å²) in [4.78, 5) is 10.5. The second kappa shape index (κ2) is 10.2. The molecule has 0 amide bonds. The van der Waals surface area contributed by atoms with Crippen LogP contribution in [0.2, 0.25) is 10.0 Å². The summed E-state index contributed by atoms with van der Waals surface area (Å²) in [5.41, 5.74) is 1.83. The Labute approximate surface area is 163 Å². The van der Waals surface area contributed by atoms with Crippen molar-refractivity contribution in [3.8, 4) is 17.4 Å². The van der Waals surface area contributed by atoms with E-state index in [-0.39, 0.29) is 33.3 Å². The Bertz CT molecular complexity index is 744. The Balaban J connectivity index is 0.00000163. The number of halogens is 2. The number of rotatable bonds is 6. The first-order valence-electron chi connectivity index (χ1n) is 8.13. The predicted molar refractivity (Wildman–Crippen MR) is 102 cm³/mol. The monoisotopic (exact) mass is 400 g/mol. The molecule has 2 aromatic rings. The highest BCUT2D eigenvalue weighted by atomic mass is 35.5. The van der Waals surface area contributed by atoms with Gasteiger partial charge in [-0.05, 0) is 18.4 Å². The number of hydrogen-bond acceptors (Lipinski definition) is 5. The summed E-state index contributed by atoms with van der Waals surface area (Å²) in [6.45, 7) is 9.47.